The molecule has 1 aliphatic rings. The number of hydrogen-bond donors (Lipinski definition) is 0. The fourth-order valence-corrected chi connectivity index (χ4v) is 3.49. The van der Waals surface area contributed by atoms with Crippen LogP contribution in [-0.4, -0.2) is 42.6 Å². The van der Waals surface area contributed by atoms with Crippen molar-refractivity contribution in [1.29, 1.82) is 5.26 Å². The van der Waals surface area contributed by atoms with E-state index in [0.717, 1.165) is 4.90 Å². The van der Waals surface area contributed by atoms with Crippen LogP contribution in [0.25, 0.3) is 0 Å². The van der Waals surface area contributed by atoms with Crippen LogP contribution in [0.4, 0.5) is 5.69 Å². The highest BCUT2D eigenvalue weighted by Gasteiger charge is 2.30. The van der Waals surface area contributed by atoms with Crippen molar-refractivity contribution in [2.45, 2.75) is 4.90 Å². The molecule has 0 bridgehead atoms. The molecule has 1 saturated heterocycles. The molecule has 0 aliphatic carbocycles. The summed E-state index contributed by atoms with van der Waals surface area (Å²) in [6.45, 7) is 0.832. The summed E-state index contributed by atoms with van der Waals surface area (Å²) in [6, 6.07) is 16.5. The molecule has 0 atom stereocenters. The normalized spacial score (nSPS) is 14.3. The Labute approximate surface area is 150 Å². The highest BCUT2D eigenvalue weighted by molar-refractivity contribution is 7.98. The van der Waals surface area contributed by atoms with Crippen molar-refractivity contribution < 1.29 is 9.59 Å². The van der Waals surface area contributed by atoms with E-state index in [-0.39, 0.29) is 18.4 Å². The standard InChI is InChI=1S/C19H17N3O2S/c1-25-17-9-5-3-7-15(17)19(24)21-10-11-22(18(23)13-21)16-8-4-2-6-14(16)12-20/h2-9H,10-11,13H2,1H3. The van der Waals surface area contributed by atoms with Gasteiger partial charge in [-0.15, -0.1) is 11.8 Å². The van der Waals surface area contributed by atoms with Crippen LogP contribution in [0.2, 0.25) is 0 Å². The summed E-state index contributed by atoms with van der Waals surface area (Å²) in [6.07, 6.45) is 1.92. The van der Waals surface area contributed by atoms with Crippen LogP contribution in [0.5, 0.6) is 0 Å². The highest BCUT2D eigenvalue weighted by Crippen LogP contribution is 2.24. The molecule has 1 fully saturated rings. The second kappa shape index (κ2) is 7.41. The van der Waals surface area contributed by atoms with Crippen molar-refractivity contribution in [2.24, 2.45) is 0 Å². The molecule has 0 unspecified atom stereocenters. The van der Waals surface area contributed by atoms with Gasteiger partial charge in [0, 0.05) is 18.0 Å². The molecule has 3 rings (SSSR count). The summed E-state index contributed by atoms with van der Waals surface area (Å²) < 4.78 is 0. The predicted octanol–water partition coefficient (Wildman–Crippen LogP) is 2.77. The van der Waals surface area contributed by atoms with Gasteiger partial charge in [0.15, 0.2) is 0 Å². The van der Waals surface area contributed by atoms with Gasteiger partial charge in [0.05, 0.1) is 16.8 Å². The number of nitriles is 1. The van der Waals surface area contributed by atoms with Gasteiger partial charge in [-0.3, -0.25) is 9.59 Å². The number of piperazine rings is 1. The van der Waals surface area contributed by atoms with E-state index in [1.54, 1.807) is 40.1 Å². The Morgan fingerprint density at radius 1 is 1.12 bits per heavy atom. The molecule has 0 aromatic heterocycles. The molecule has 5 nitrogen and oxygen atoms in total. The Morgan fingerprint density at radius 2 is 1.84 bits per heavy atom. The zero-order valence-electron chi connectivity index (χ0n) is 13.8. The van der Waals surface area contributed by atoms with Crippen LogP contribution in [0.3, 0.4) is 0 Å². The lowest BCUT2D eigenvalue weighted by Crippen LogP contribution is -2.52. The second-order valence-electron chi connectivity index (χ2n) is 5.60. The maximum absolute atomic E-state index is 12.8. The number of amides is 2. The molecule has 2 aromatic rings. The quantitative estimate of drug-likeness (QED) is 0.798. The molecular weight excluding hydrogens is 334 g/mol. The summed E-state index contributed by atoms with van der Waals surface area (Å²) in [5, 5.41) is 9.23. The van der Waals surface area contributed by atoms with Gasteiger partial charge in [-0.05, 0) is 30.5 Å². The average Bonchev–Trinajstić information content (AvgIpc) is 2.67. The number of carbonyl (C=O) groups is 2. The molecule has 2 amide bonds. The largest absolute Gasteiger partial charge is 0.327 e. The van der Waals surface area contributed by atoms with Gasteiger partial charge in [-0.2, -0.15) is 5.26 Å². The molecular formula is C19H17N3O2S. The van der Waals surface area contributed by atoms with Crippen molar-refractivity contribution in [1.82, 2.24) is 4.90 Å². The second-order valence-corrected chi connectivity index (χ2v) is 6.45. The molecule has 0 saturated carbocycles. The van der Waals surface area contributed by atoms with Crippen LogP contribution in [0.15, 0.2) is 53.4 Å². The van der Waals surface area contributed by atoms with Gasteiger partial charge in [0.2, 0.25) is 5.91 Å². The minimum atomic E-state index is -0.177. The fourth-order valence-electron chi connectivity index (χ4n) is 2.90. The minimum absolute atomic E-state index is 0.0152. The molecule has 1 heterocycles. The summed E-state index contributed by atoms with van der Waals surface area (Å²) in [7, 11) is 0. The van der Waals surface area contributed by atoms with Crippen LogP contribution >= 0.6 is 11.8 Å². The monoisotopic (exact) mass is 351 g/mol. The number of rotatable bonds is 3. The molecule has 0 spiro atoms. The van der Waals surface area contributed by atoms with E-state index in [1.165, 1.54) is 11.8 Å². The molecule has 0 N–H and O–H groups in total. The zero-order chi connectivity index (χ0) is 17.8. The van der Waals surface area contributed by atoms with Crippen molar-refractivity contribution >= 4 is 29.3 Å². The van der Waals surface area contributed by atoms with E-state index in [0.29, 0.717) is 29.9 Å². The van der Waals surface area contributed by atoms with E-state index in [1.807, 2.05) is 24.5 Å². The zero-order valence-corrected chi connectivity index (χ0v) is 14.6. The van der Waals surface area contributed by atoms with Gasteiger partial charge >= 0.3 is 0 Å². The number of para-hydroxylation sites is 1. The topological polar surface area (TPSA) is 64.4 Å². The van der Waals surface area contributed by atoms with Crippen LogP contribution in [0, 0.1) is 11.3 Å². The lowest BCUT2D eigenvalue weighted by atomic mass is 10.1. The summed E-state index contributed by atoms with van der Waals surface area (Å²) >= 11 is 1.51. The first kappa shape index (κ1) is 17.1. The number of carbonyl (C=O) groups excluding carboxylic acids is 2. The molecule has 25 heavy (non-hydrogen) atoms. The summed E-state index contributed by atoms with van der Waals surface area (Å²) in [5.74, 6) is -0.310. The fraction of sp³-hybridized carbons (Fsp3) is 0.211. The maximum atomic E-state index is 12.8. The van der Waals surface area contributed by atoms with Gasteiger partial charge in [0.25, 0.3) is 5.91 Å². The van der Waals surface area contributed by atoms with Crippen molar-refractivity contribution in [3.63, 3.8) is 0 Å². The van der Waals surface area contributed by atoms with Crippen molar-refractivity contribution in [3.8, 4) is 6.07 Å². The molecule has 0 radical (unpaired) electrons. The van der Waals surface area contributed by atoms with Crippen molar-refractivity contribution in [2.75, 3.05) is 30.8 Å². The number of anilines is 1. The maximum Gasteiger partial charge on any atom is 0.255 e. The number of hydrogen-bond acceptors (Lipinski definition) is 4. The first-order chi connectivity index (χ1) is 12.2. The first-order valence-electron chi connectivity index (χ1n) is 7.87. The predicted molar refractivity (Wildman–Crippen MR) is 97.6 cm³/mol. The molecule has 6 heteroatoms. The van der Waals surface area contributed by atoms with Gasteiger partial charge in [-0.1, -0.05) is 24.3 Å². The number of benzene rings is 2. The van der Waals surface area contributed by atoms with E-state index in [4.69, 9.17) is 0 Å². The first-order valence-corrected chi connectivity index (χ1v) is 9.10. The molecule has 1 aliphatic heterocycles. The van der Waals surface area contributed by atoms with Crippen LogP contribution in [-0.2, 0) is 4.79 Å². The third-order valence-electron chi connectivity index (χ3n) is 4.16. The van der Waals surface area contributed by atoms with Crippen molar-refractivity contribution in [3.05, 3.63) is 59.7 Å². The minimum Gasteiger partial charge on any atom is -0.327 e. The van der Waals surface area contributed by atoms with E-state index in [2.05, 4.69) is 6.07 Å². The number of nitrogens with zero attached hydrogens (tertiary/aromatic N) is 3. The Kier molecular flexibility index (Phi) is 5.05. The Balaban J connectivity index is 1.79. The van der Waals surface area contributed by atoms with E-state index in [9.17, 15) is 14.9 Å². The highest BCUT2D eigenvalue weighted by atomic mass is 32.2. The third-order valence-corrected chi connectivity index (χ3v) is 4.96. The average molecular weight is 351 g/mol. The third kappa shape index (κ3) is 3.37. The van der Waals surface area contributed by atoms with Gasteiger partial charge in [0.1, 0.15) is 12.6 Å². The Morgan fingerprint density at radius 3 is 2.56 bits per heavy atom. The van der Waals surface area contributed by atoms with Gasteiger partial charge < -0.3 is 9.80 Å². The lowest BCUT2D eigenvalue weighted by molar-refractivity contribution is -0.120. The lowest BCUT2D eigenvalue weighted by Gasteiger charge is -2.35. The molecule has 126 valence electrons. The van der Waals surface area contributed by atoms with Crippen LogP contribution in [0.1, 0.15) is 15.9 Å². The van der Waals surface area contributed by atoms with E-state index < -0.39 is 0 Å². The van der Waals surface area contributed by atoms with E-state index >= 15 is 0 Å². The Bertz CT molecular complexity index is 860. The van der Waals surface area contributed by atoms with Crippen LogP contribution < -0.4 is 4.90 Å². The SMILES string of the molecule is CSc1ccccc1C(=O)N1CCN(c2ccccc2C#N)C(=O)C1. The number of thioether (sulfide) groups is 1. The summed E-state index contributed by atoms with van der Waals surface area (Å²) in [4.78, 5) is 29.4. The van der Waals surface area contributed by atoms with Gasteiger partial charge in [-0.25, -0.2) is 0 Å². The smallest absolute Gasteiger partial charge is 0.255 e. The Hall–Kier alpha value is -2.78. The summed E-state index contributed by atoms with van der Waals surface area (Å²) in [5.41, 5.74) is 1.68. The molecule has 2 aromatic carbocycles.